The summed E-state index contributed by atoms with van der Waals surface area (Å²) in [4.78, 5) is 11.8. The average molecular weight is 278 g/mol. The molecule has 20 heavy (non-hydrogen) atoms. The van der Waals surface area contributed by atoms with E-state index in [-0.39, 0.29) is 11.8 Å². The van der Waals surface area contributed by atoms with Crippen molar-refractivity contribution in [2.75, 3.05) is 19.7 Å². The summed E-state index contributed by atoms with van der Waals surface area (Å²) in [6, 6.07) is 10.1. The Hall–Kier alpha value is -1.39. The molecule has 112 valence electrons. The van der Waals surface area contributed by atoms with Crippen molar-refractivity contribution in [1.29, 1.82) is 0 Å². The second-order valence-electron chi connectivity index (χ2n) is 4.90. The fourth-order valence-corrected chi connectivity index (χ4v) is 2.00. The van der Waals surface area contributed by atoms with Gasteiger partial charge in [0.05, 0.1) is 12.5 Å². The molecule has 0 saturated carbocycles. The molecular formula is C16H26N2O2. The topological polar surface area (TPSA) is 64.4 Å². The first-order valence-electron chi connectivity index (χ1n) is 7.37. The highest BCUT2D eigenvalue weighted by Gasteiger charge is 2.14. The molecule has 0 heterocycles. The van der Waals surface area contributed by atoms with Crippen molar-refractivity contribution in [3.05, 3.63) is 35.9 Å². The van der Waals surface area contributed by atoms with Crippen LogP contribution in [0.3, 0.4) is 0 Å². The average Bonchev–Trinajstić information content (AvgIpc) is 2.49. The van der Waals surface area contributed by atoms with E-state index in [0.29, 0.717) is 26.3 Å². The number of hydrogen-bond donors (Lipinski definition) is 2. The molecule has 4 heteroatoms. The van der Waals surface area contributed by atoms with Crippen LogP contribution in [0.15, 0.2) is 30.3 Å². The summed E-state index contributed by atoms with van der Waals surface area (Å²) < 4.78 is 5.56. The molecule has 0 aliphatic rings. The second kappa shape index (κ2) is 10.4. The molecule has 1 aromatic rings. The van der Waals surface area contributed by atoms with Gasteiger partial charge in [-0.25, -0.2) is 0 Å². The highest BCUT2D eigenvalue weighted by molar-refractivity contribution is 5.78. The number of nitrogens with one attached hydrogen (secondary N) is 1. The maximum absolute atomic E-state index is 11.8. The highest BCUT2D eigenvalue weighted by atomic mass is 16.5. The summed E-state index contributed by atoms with van der Waals surface area (Å²) >= 11 is 0. The SMILES string of the molecule is CCCC(CN)C(=O)NCCCOCc1ccccc1. The van der Waals surface area contributed by atoms with Crippen LogP contribution in [0, 0.1) is 5.92 Å². The van der Waals surface area contributed by atoms with Gasteiger partial charge in [0.2, 0.25) is 5.91 Å². The molecule has 1 atom stereocenters. The van der Waals surface area contributed by atoms with Gasteiger partial charge in [-0.05, 0) is 18.4 Å². The zero-order valence-electron chi connectivity index (χ0n) is 12.3. The lowest BCUT2D eigenvalue weighted by Crippen LogP contribution is -2.35. The standard InChI is InChI=1S/C16H26N2O2/c1-2-7-15(12-17)16(19)18-10-6-11-20-13-14-8-4-3-5-9-14/h3-5,8-9,15H,2,6-7,10-13,17H2,1H3,(H,18,19). The lowest BCUT2D eigenvalue weighted by atomic mass is 10.0. The molecule has 0 fully saturated rings. The predicted molar refractivity (Wildman–Crippen MR) is 81.2 cm³/mol. The van der Waals surface area contributed by atoms with Crippen LogP contribution in [0.4, 0.5) is 0 Å². The quantitative estimate of drug-likeness (QED) is 0.644. The Morgan fingerprint density at radius 1 is 1.35 bits per heavy atom. The summed E-state index contributed by atoms with van der Waals surface area (Å²) in [6.07, 6.45) is 2.66. The Morgan fingerprint density at radius 3 is 2.75 bits per heavy atom. The van der Waals surface area contributed by atoms with E-state index in [1.165, 1.54) is 5.56 Å². The molecule has 1 unspecified atom stereocenters. The van der Waals surface area contributed by atoms with E-state index < -0.39 is 0 Å². The third-order valence-electron chi connectivity index (χ3n) is 3.17. The maximum atomic E-state index is 11.8. The van der Waals surface area contributed by atoms with Crippen LogP contribution in [0.2, 0.25) is 0 Å². The molecule has 0 saturated heterocycles. The number of rotatable bonds is 10. The second-order valence-corrected chi connectivity index (χ2v) is 4.90. The number of amides is 1. The Morgan fingerprint density at radius 2 is 2.10 bits per heavy atom. The molecule has 1 amide bonds. The van der Waals surface area contributed by atoms with E-state index in [2.05, 4.69) is 12.2 Å². The molecule has 0 aromatic heterocycles. The number of hydrogen-bond acceptors (Lipinski definition) is 3. The molecular weight excluding hydrogens is 252 g/mol. The lowest BCUT2D eigenvalue weighted by molar-refractivity contribution is -0.124. The number of ether oxygens (including phenoxy) is 1. The molecule has 1 rings (SSSR count). The van der Waals surface area contributed by atoms with Crippen LogP contribution >= 0.6 is 0 Å². The Labute approximate surface area is 121 Å². The zero-order chi connectivity index (χ0) is 14.6. The summed E-state index contributed by atoms with van der Waals surface area (Å²) in [5, 5.41) is 2.92. The van der Waals surface area contributed by atoms with Crippen LogP contribution in [0.5, 0.6) is 0 Å². The van der Waals surface area contributed by atoms with Gasteiger partial charge in [0.1, 0.15) is 0 Å². The van der Waals surface area contributed by atoms with E-state index in [4.69, 9.17) is 10.5 Å². The van der Waals surface area contributed by atoms with Crippen LogP contribution in [0.25, 0.3) is 0 Å². The summed E-state index contributed by atoms with van der Waals surface area (Å²) in [5.41, 5.74) is 6.76. The van der Waals surface area contributed by atoms with Crippen LogP contribution < -0.4 is 11.1 Å². The van der Waals surface area contributed by atoms with Gasteiger partial charge in [-0.3, -0.25) is 4.79 Å². The minimum atomic E-state index is -0.0507. The number of carbonyl (C=O) groups excluding carboxylic acids is 1. The van der Waals surface area contributed by atoms with Crippen molar-refractivity contribution in [3.8, 4) is 0 Å². The van der Waals surface area contributed by atoms with Crippen LogP contribution in [-0.2, 0) is 16.1 Å². The van der Waals surface area contributed by atoms with E-state index in [9.17, 15) is 4.79 Å². The van der Waals surface area contributed by atoms with Crippen molar-refractivity contribution in [2.45, 2.75) is 32.8 Å². The summed E-state index contributed by atoms with van der Waals surface area (Å²) in [5.74, 6) is 0.0163. The van der Waals surface area contributed by atoms with Crippen molar-refractivity contribution >= 4 is 5.91 Å². The summed E-state index contributed by atoms with van der Waals surface area (Å²) in [6.45, 7) is 4.40. The van der Waals surface area contributed by atoms with Gasteiger partial charge in [-0.15, -0.1) is 0 Å². The van der Waals surface area contributed by atoms with Crippen LogP contribution in [0.1, 0.15) is 31.7 Å². The highest BCUT2D eigenvalue weighted by Crippen LogP contribution is 2.04. The van der Waals surface area contributed by atoms with E-state index in [1.54, 1.807) is 0 Å². The predicted octanol–water partition coefficient (Wildman–Crippen LogP) is 2.08. The van der Waals surface area contributed by atoms with E-state index >= 15 is 0 Å². The largest absolute Gasteiger partial charge is 0.377 e. The number of benzene rings is 1. The Kier molecular flexibility index (Phi) is 8.67. The first kappa shape index (κ1) is 16.7. The molecule has 0 aliphatic carbocycles. The minimum absolute atomic E-state index is 0.0507. The third kappa shape index (κ3) is 6.68. The third-order valence-corrected chi connectivity index (χ3v) is 3.17. The van der Waals surface area contributed by atoms with Gasteiger partial charge in [0, 0.05) is 19.7 Å². The van der Waals surface area contributed by atoms with E-state index in [1.807, 2.05) is 30.3 Å². The molecule has 0 radical (unpaired) electrons. The fourth-order valence-electron chi connectivity index (χ4n) is 2.00. The Bertz CT molecular complexity index is 368. The first-order valence-corrected chi connectivity index (χ1v) is 7.37. The van der Waals surface area contributed by atoms with Gasteiger partial charge < -0.3 is 15.8 Å². The lowest BCUT2D eigenvalue weighted by Gasteiger charge is -2.13. The smallest absolute Gasteiger partial charge is 0.224 e. The molecule has 0 aliphatic heterocycles. The van der Waals surface area contributed by atoms with E-state index in [0.717, 1.165) is 19.3 Å². The maximum Gasteiger partial charge on any atom is 0.224 e. The van der Waals surface area contributed by atoms with Gasteiger partial charge in [0.25, 0.3) is 0 Å². The minimum Gasteiger partial charge on any atom is -0.377 e. The molecule has 4 nitrogen and oxygen atoms in total. The van der Waals surface area contributed by atoms with Crippen molar-refractivity contribution in [3.63, 3.8) is 0 Å². The van der Waals surface area contributed by atoms with Crippen molar-refractivity contribution in [2.24, 2.45) is 11.7 Å². The fraction of sp³-hybridized carbons (Fsp3) is 0.562. The van der Waals surface area contributed by atoms with Crippen LogP contribution in [-0.4, -0.2) is 25.6 Å². The van der Waals surface area contributed by atoms with Gasteiger partial charge in [-0.1, -0.05) is 43.7 Å². The molecule has 0 spiro atoms. The molecule has 3 N–H and O–H groups in total. The zero-order valence-corrected chi connectivity index (χ0v) is 12.3. The van der Waals surface area contributed by atoms with Gasteiger partial charge in [-0.2, -0.15) is 0 Å². The monoisotopic (exact) mass is 278 g/mol. The van der Waals surface area contributed by atoms with Gasteiger partial charge >= 0.3 is 0 Å². The van der Waals surface area contributed by atoms with Crippen molar-refractivity contribution < 1.29 is 9.53 Å². The number of carbonyl (C=O) groups is 1. The molecule has 1 aromatic carbocycles. The first-order chi connectivity index (χ1) is 9.77. The molecule has 0 bridgehead atoms. The van der Waals surface area contributed by atoms with Gasteiger partial charge in [0.15, 0.2) is 0 Å². The van der Waals surface area contributed by atoms with Crippen molar-refractivity contribution in [1.82, 2.24) is 5.32 Å². The normalized spacial score (nSPS) is 12.1. The Balaban J connectivity index is 2.05. The number of nitrogens with two attached hydrogens (primary N) is 1. The summed E-state index contributed by atoms with van der Waals surface area (Å²) in [7, 11) is 0.